The van der Waals surface area contributed by atoms with E-state index in [9.17, 15) is 111 Å². The summed E-state index contributed by atoms with van der Waals surface area (Å²) in [6.45, 7) is -7.13. The van der Waals surface area contributed by atoms with Crippen LogP contribution in [-0.2, 0) is 52.3 Å². The van der Waals surface area contributed by atoms with E-state index in [2.05, 4.69) is 0 Å². The van der Waals surface area contributed by atoms with E-state index in [4.69, 9.17) is 33.2 Å². The van der Waals surface area contributed by atoms with Gasteiger partial charge in [-0.3, -0.25) is 9.59 Å². The maximum atomic E-state index is 12.9. The van der Waals surface area contributed by atoms with Crippen LogP contribution in [0.5, 0.6) is 0 Å². The zero-order valence-corrected chi connectivity index (χ0v) is 33.7. The Morgan fingerprint density at radius 3 is 1.57 bits per heavy atom. The smallest absolute Gasteiger partial charge is 0.364 e. The monoisotopic (exact) mass is 956 g/mol. The van der Waals surface area contributed by atoms with Crippen molar-refractivity contribution in [3.05, 3.63) is 0 Å². The van der Waals surface area contributed by atoms with Crippen LogP contribution in [0.15, 0.2) is 0 Å². The molecule has 4 saturated heterocycles. The third kappa shape index (κ3) is 12.0. The first-order valence-corrected chi connectivity index (χ1v) is 19.7. The largest absolute Gasteiger partial charge is 0.477 e. The number of ether oxygens (including phenoxy) is 7. The van der Waals surface area contributed by atoms with Crippen molar-refractivity contribution in [2.24, 2.45) is 0 Å². The van der Waals surface area contributed by atoms with Crippen LogP contribution in [0.2, 0.25) is 0 Å². The molecular weight excluding hydrogens is 900 g/mol. The molecule has 0 aromatic heterocycles. The van der Waals surface area contributed by atoms with Gasteiger partial charge in [0.05, 0.1) is 50.7 Å². The van der Waals surface area contributed by atoms with Crippen LogP contribution in [0.1, 0.15) is 12.8 Å². The molecule has 31 nitrogen and oxygen atoms in total. The van der Waals surface area contributed by atoms with Gasteiger partial charge in [0.2, 0.25) is 11.8 Å². The number of hydrogen-bond donors (Lipinski definition) is 20. The molecule has 0 aromatic rings. The van der Waals surface area contributed by atoms with Gasteiger partial charge in [-0.15, -0.1) is 0 Å². The minimum Gasteiger partial charge on any atom is -0.477 e. The normalized spacial score (nSPS) is 42.0. The van der Waals surface area contributed by atoms with Crippen LogP contribution >= 0.6 is 0 Å². The lowest BCUT2D eigenvalue weighted by atomic mass is 9.87. The highest BCUT2D eigenvalue weighted by atomic mass is 16.8. The quantitative estimate of drug-likeness (QED) is 0.0539. The zero-order chi connectivity index (χ0) is 48.9. The number of aliphatic hydroxyl groups excluding tert-OH is 16. The Morgan fingerprint density at radius 1 is 0.600 bits per heavy atom. The Bertz CT molecular complexity index is 1600. The first kappa shape index (κ1) is 54.6. The van der Waals surface area contributed by atoms with Gasteiger partial charge in [0, 0.05) is 12.8 Å². The summed E-state index contributed by atoms with van der Waals surface area (Å²) in [6.07, 6.45) is -40.4. The van der Waals surface area contributed by atoms with Gasteiger partial charge in [-0.2, -0.15) is 0 Å². The Morgan fingerprint density at radius 2 is 1.08 bits per heavy atom. The maximum absolute atomic E-state index is 12.9. The van der Waals surface area contributed by atoms with Crippen molar-refractivity contribution in [2.45, 2.75) is 147 Å². The summed E-state index contributed by atoms with van der Waals surface area (Å²) >= 11 is 0. The number of nitrogens with one attached hydrogen (secondary N) is 2. The van der Waals surface area contributed by atoms with Gasteiger partial charge < -0.3 is 136 Å². The van der Waals surface area contributed by atoms with Gasteiger partial charge in [0.1, 0.15) is 98.7 Å². The Hall–Kier alpha value is -3.04. The summed E-state index contributed by atoms with van der Waals surface area (Å²) < 4.78 is 37.9. The second-order valence-electron chi connectivity index (χ2n) is 15.6. The fraction of sp³-hybridized carbons (Fsp3) is 0.882. The molecule has 376 valence electrons. The zero-order valence-electron chi connectivity index (χ0n) is 33.7. The molecule has 22 atom stereocenters. The lowest BCUT2D eigenvalue weighted by Gasteiger charge is -2.50. The summed E-state index contributed by atoms with van der Waals surface area (Å²) in [5.74, 6) is -13.3. The number of carbonyl (C=O) groups is 4. The van der Waals surface area contributed by atoms with E-state index in [1.165, 1.54) is 0 Å². The fourth-order valence-corrected chi connectivity index (χ4v) is 7.53. The van der Waals surface area contributed by atoms with Gasteiger partial charge >= 0.3 is 11.9 Å². The Balaban J connectivity index is 1.62. The molecule has 4 rings (SSSR count). The molecule has 65 heavy (non-hydrogen) atoms. The minimum atomic E-state index is -3.30. The molecule has 0 aliphatic carbocycles. The van der Waals surface area contributed by atoms with Crippen molar-refractivity contribution in [3.8, 4) is 0 Å². The molecule has 4 aliphatic rings. The Kier molecular flexibility index (Phi) is 19.2. The number of aliphatic hydroxyl groups is 16. The third-order valence-corrected chi connectivity index (χ3v) is 11.2. The number of rotatable bonds is 20. The van der Waals surface area contributed by atoms with Crippen molar-refractivity contribution < 1.29 is 144 Å². The molecule has 4 fully saturated rings. The lowest BCUT2D eigenvalue weighted by molar-refractivity contribution is -0.354. The van der Waals surface area contributed by atoms with Crippen LogP contribution in [0.25, 0.3) is 0 Å². The predicted molar refractivity (Wildman–Crippen MR) is 194 cm³/mol. The molecule has 0 spiro atoms. The number of carbonyl (C=O) groups excluding carboxylic acids is 2. The molecule has 0 radical (unpaired) electrons. The molecule has 0 saturated carbocycles. The number of carboxylic acid groups (broad SMARTS) is 2. The van der Waals surface area contributed by atoms with Crippen molar-refractivity contribution in [1.82, 2.24) is 10.6 Å². The minimum absolute atomic E-state index is 0.816. The molecule has 0 unspecified atom stereocenters. The second kappa shape index (κ2) is 22.8. The molecule has 0 bridgehead atoms. The van der Waals surface area contributed by atoms with Crippen molar-refractivity contribution in [1.29, 1.82) is 0 Å². The van der Waals surface area contributed by atoms with Crippen molar-refractivity contribution in [2.75, 3.05) is 39.6 Å². The average Bonchev–Trinajstić information content (AvgIpc) is 3.27. The fourth-order valence-electron chi connectivity index (χ4n) is 7.53. The average molecular weight is 957 g/mol. The molecule has 31 heteroatoms. The molecular formula is C34H56N2O29. The van der Waals surface area contributed by atoms with E-state index in [0.717, 1.165) is 0 Å². The van der Waals surface area contributed by atoms with Crippen LogP contribution in [0, 0.1) is 0 Å². The third-order valence-electron chi connectivity index (χ3n) is 11.2. The molecule has 0 aromatic carbocycles. The van der Waals surface area contributed by atoms with Gasteiger partial charge in [-0.05, 0) is 0 Å². The van der Waals surface area contributed by atoms with Crippen LogP contribution in [0.4, 0.5) is 0 Å². The standard InChI is InChI=1S/C34H56N2O29/c37-3-11(43)19(46)27-17(35-15(44)5-39)10(42)2-34(65-27,32(57)58)63-12(4-38)22(49)28-18(36-16(45)6-40)9(41)1-33(64-28,31(55)56)60-8-14-21(48)24(51)26(53)30(62-14)59-7-13-20(47)23(50)25(52)29(54)61-13/h9-14,17-30,37-43,46-54H,1-8H2,(H,35,44)(H,36,45)(H,55,56)(H,57,58)/t9-,10-,11+,12+,13+,14+,17+,18+,19+,20+,21+,22+,23-,24-,25+,26+,27+,28+,29+,30+,33+,34+/m0/s1. The molecule has 2 amide bonds. The Labute approximate surface area is 365 Å². The molecule has 20 N–H and O–H groups in total. The van der Waals surface area contributed by atoms with Gasteiger partial charge in [0.25, 0.3) is 11.6 Å². The predicted octanol–water partition coefficient (Wildman–Crippen LogP) is -13.1. The summed E-state index contributed by atoms with van der Waals surface area (Å²) in [4.78, 5) is 50.2. The molecule has 4 aliphatic heterocycles. The summed E-state index contributed by atoms with van der Waals surface area (Å²) in [6, 6.07) is -3.83. The second-order valence-corrected chi connectivity index (χ2v) is 15.6. The van der Waals surface area contributed by atoms with Gasteiger partial charge in [-0.1, -0.05) is 0 Å². The lowest BCUT2D eigenvalue weighted by Crippen LogP contribution is -2.71. The van der Waals surface area contributed by atoms with Crippen molar-refractivity contribution in [3.63, 3.8) is 0 Å². The van der Waals surface area contributed by atoms with Gasteiger partial charge in [-0.25, -0.2) is 9.59 Å². The number of carboxylic acids is 2. The maximum Gasteiger partial charge on any atom is 0.364 e. The number of amides is 2. The van der Waals surface area contributed by atoms with E-state index < -0.39 is 210 Å². The van der Waals surface area contributed by atoms with Crippen LogP contribution < -0.4 is 10.6 Å². The van der Waals surface area contributed by atoms with E-state index in [-0.39, 0.29) is 0 Å². The summed E-state index contributed by atoms with van der Waals surface area (Å²) in [7, 11) is 0. The number of hydrogen-bond acceptors (Lipinski definition) is 27. The summed E-state index contributed by atoms with van der Waals surface area (Å²) in [5.41, 5.74) is 0. The van der Waals surface area contributed by atoms with E-state index in [1.807, 2.05) is 10.6 Å². The SMILES string of the molecule is O=C(CO)N[C@H]1[C@H]([C@H](O)[C@H](O)CO)O[C@@](O[C@H](CO)[C@@H](O)[C@@H]2O[C@@](OC[C@H]3O[C@@H](OC[C@H]4O[C@@H](O)[C@H](O)[C@@H](O)[C@@H]4O)[C@H](O)[C@@H](O)[C@@H]3O)(C(=O)O)C[C@H](O)[C@H]2NC(=O)CO)(C(=O)O)C[C@@H]1O. The topological polar surface area (TPSA) is 521 Å². The first-order valence-electron chi connectivity index (χ1n) is 19.7. The van der Waals surface area contributed by atoms with E-state index >= 15 is 0 Å². The van der Waals surface area contributed by atoms with E-state index in [0.29, 0.717) is 0 Å². The highest BCUT2D eigenvalue weighted by Gasteiger charge is 2.61. The summed E-state index contributed by atoms with van der Waals surface area (Å²) in [5, 5.41) is 190. The van der Waals surface area contributed by atoms with Crippen LogP contribution in [-0.4, -0.2) is 289 Å². The van der Waals surface area contributed by atoms with Crippen molar-refractivity contribution >= 4 is 23.8 Å². The first-order chi connectivity index (χ1) is 30.4. The highest BCUT2D eigenvalue weighted by molar-refractivity contribution is 5.79. The highest BCUT2D eigenvalue weighted by Crippen LogP contribution is 2.39. The van der Waals surface area contributed by atoms with Crippen LogP contribution in [0.3, 0.4) is 0 Å². The van der Waals surface area contributed by atoms with E-state index in [1.54, 1.807) is 0 Å². The van der Waals surface area contributed by atoms with Gasteiger partial charge in [0.15, 0.2) is 12.6 Å². The molecule has 4 heterocycles. The number of aliphatic carboxylic acids is 2.